The van der Waals surface area contributed by atoms with Crippen LogP contribution in [0.5, 0.6) is 0 Å². The molecule has 25 heavy (non-hydrogen) atoms. The average molecular weight is 347 g/mol. The highest BCUT2D eigenvalue weighted by Crippen LogP contribution is 2.11. The molecule has 7 nitrogen and oxygen atoms in total. The summed E-state index contributed by atoms with van der Waals surface area (Å²) in [6.45, 7) is 4.04. The maximum absolute atomic E-state index is 12.6. The van der Waals surface area contributed by atoms with Crippen LogP contribution in [0, 0.1) is 5.92 Å². The van der Waals surface area contributed by atoms with Crippen molar-refractivity contribution in [2.75, 3.05) is 53.9 Å². The van der Waals surface area contributed by atoms with Gasteiger partial charge in [0.25, 0.3) is 0 Å². The number of likely N-dealkylation sites (N-methyl/N-ethyl adjacent to an activating group) is 1. The van der Waals surface area contributed by atoms with Crippen LogP contribution in [0.1, 0.15) is 12.1 Å². The minimum atomic E-state index is -0.173. The Hall–Kier alpha value is -1.99. The average Bonchev–Trinajstić information content (AvgIpc) is 2.81. The smallest absolute Gasteiger partial charge is 0.225 e. The summed E-state index contributed by atoms with van der Waals surface area (Å²) in [5.41, 5.74) is 0.994. The lowest BCUT2D eigenvalue weighted by molar-refractivity contribution is -0.133. The fourth-order valence-corrected chi connectivity index (χ4v) is 3.06. The summed E-state index contributed by atoms with van der Waals surface area (Å²) >= 11 is 0. The first kappa shape index (κ1) is 19.3. The molecule has 1 atom stereocenters. The van der Waals surface area contributed by atoms with Gasteiger partial charge in [0.2, 0.25) is 11.8 Å². The Bertz CT molecular complexity index is 566. The van der Waals surface area contributed by atoms with Gasteiger partial charge in [-0.05, 0) is 26.2 Å². The van der Waals surface area contributed by atoms with Gasteiger partial charge >= 0.3 is 0 Å². The van der Waals surface area contributed by atoms with Gasteiger partial charge in [-0.1, -0.05) is 6.07 Å². The third-order valence-electron chi connectivity index (χ3n) is 4.56. The van der Waals surface area contributed by atoms with E-state index >= 15 is 0 Å². The molecule has 1 aromatic rings. The van der Waals surface area contributed by atoms with Crippen molar-refractivity contribution in [2.24, 2.45) is 5.92 Å². The molecule has 1 fully saturated rings. The molecule has 0 saturated carbocycles. The Kier molecular flexibility index (Phi) is 7.33. The SMILES string of the molecule is CNC(=O)C1CN(C)CCN(C(=O)CCN(C)Cc2ccccn2)C1. The first-order valence-corrected chi connectivity index (χ1v) is 8.76. The van der Waals surface area contributed by atoms with Gasteiger partial charge in [-0.25, -0.2) is 0 Å². The molecule has 2 amide bonds. The highest BCUT2D eigenvalue weighted by molar-refractivity contribution is 5.81. The van der Waals surface area contributed by atoms with Crippen LogP contribution in [0.15, 0.2) is 24.4 Å². The summed E-state index contributed by atoms with van der Waals surface area (Å²) in [4.78, 5) is 35.0. The molecular formula is C18H29N5O2. The Balaban J connectivity index is 1.85. The molecule has 0 aromatic carbocycles. The molecule has 7 heteroatoms. The number of rotatable bonds is 6. The summed E-state index contributed by atoms with van der Waals surface area (Å²) in [5.74, 6) is -0.0661. The topological polar surface area (TPSA) is 68.8 Å². The zero-order valence-corrected chi connectivity index (χ0v) is 15.4. The maximum Gasteiger partial charge on any atom is 0.225 e. The minimum Gasteiger partial charge on any atom is -0.359 e. The largest absolute Gasteiger partial charge is 0.359 e. The second-order valence-corrected chi connectivity index (χ2v) is 6.72. The Morgan fingerprint density at radius 2 is 2.12 bits per heavy atom. The van der Waals surface area contributed by atoms with Crippen LogP contribution < -0.4 is 5.32 Å². The van der Waals surface area contributed by atoms with Crippen molar-refractivity contribution in [1.29, 1.82) is 0 Å². The van der Waals surface area contributed by atoms with Crippen molar-refractivity contribution < 1.29 is 9.59 Å². The molecule has 1 unspecified atom stereocenters. The monoisotopic (exact) mass is 347 g/mol. The van der Waals surface area contributed by atoms with Crippen molar-refractivity contribution in [1.82, 2.24) is 25.0 Å². The van der Waals surface area contributed by atoms with Gasteiger partial charge in [-0.2, -0.15) is 0 Å². The lowest BCUT2D eigenvalue weighted by atomic mass is 10.1. The van der Waals surface area contributed by atoms with Crippen LogP contribution in [0.4, 0.5) is 0 Å². The number of hydrogen-bond acceptors (Lipinski definition) is 5. The molecular weight excluding hydrogens is 318 g/mol. The summed E-state index contributed by atoms with van der Waals surface area (Å²) in [7, 11) is 5.63. The number of carbonyl (C=O) groups excluding carboxylic acids is 2. The third kappa shape index (κ3) is 6.10. The molecule has 1 saturated heterocycles. The fraction of sp³-hybridized carbons (Fsp3) is 0.611. The van der Waals surface area contributed by atoms with Crippen molar-refractivity contribution in [3.8, 4) is 0 Å². The predicted molar refractivity (Wildman–Crippen MR) is 96.8 cm³/mol. The van der Waals surface area contributed by atoms with Crippen LogP contribution in [-0.2, 0) is 16.1 Å². The van der Waals surface area contributed by atoms with Crippen LogP contribution in [0.3, 0.4) is 0 Å². The molecule has 0 radical (unpaired) electrons. The van der Waals surface area contributed by atoms with Crippen molar-refractivity contribution in [2.45, 2.75) is 13.0 Å². The number of nitrogens with zero attached hydrogens (tertiary/aromatic N) is 4. The van der Waals surface area contributed by atoms with E-state index in [1.54, 1.807) is 13.2 Å². The van der Waals surface area contributed by atoms with E-state index in [2.05, 4.69) is 20.1 Å². The lowest BCUT2D eigenvalue weighted by Crippen LogP contribution is -2.42. The van der Waals surface area contributed by atoms with Crippen LogP contribution in [-0.4, -0.2) is 85.4 Å². The molecule has 0 spiro atoms. The van der Waals surface area contributed by atoms with Crippen LogP contribution in [0.2, 0.25) is 0 Å². The van der Waals surface area contributed by atoms with Crippen LogP contribution >= 0.6 is 0 Å². The Morgan fingerprint density at radius 1 is 1.32 bits per heavy atom. The van der Waals surface area contributed by atoms with E-state index in [1.807, 2.05) is 37.2 Å². The van der Waals surface area contributed by atoms with E-state index in [9.17, 15) is 9.59 Å². The molecule has 1 aromatic heterocycles. The number of carbonyl (C=O) groups is 2. The number of amides is 2. The van der Waals surface area contributed by atoms with Gasteiger partial charge in [0.15, 0.2) is 0 Å². The zero-order valence-electron chi connectivity index (χ0n) is 15.4. The number of hydrogen-bond donors (Lipinski definition) is 1. The van der Waals surface area contributed by atoms with E-state index in [0.29, 0.717) is 32.6 Å². The van der Waals surface area contributed by atoms with Crippen molar-refractivity contribution in [3.05, 3.63) is 30.1 Å². The van der Waals surface area contributed by atoms with E-state index in [-0.39, 0.29) is 17.7 Å². The quantitative estimate of drug-likeness (QED) is 0.787. The first-order valence-electron chi connectivity index (χ1n) is 8.76. The molecule has 0 aliphatic carbocycles. The summed E-state index contributed by atoms with van der Waals surface area (Å²) < 4.78 is 0. The summed E-state index contributed by atoms with van der Waals surface area (Å²) in [6.07, 6.45) is 2.23. The minimum absolute atomic E-state index is 0.00109. The highest BCUT2D eigenvalue weighted by atomic mass is 16.2. The molecule has 2 heterocycles. The van der Waals surface area contributed by atoms with Gasteiger partial charge in [-0.15, -0.1) is 0 Å². The van der Waals surface area contributed by atoms with Crippen molar-refractivity contribution >= 4 is 11.8 Å². The summed E-state index contributed by atoms with van der Waals surface area (Å²) in [6, 6.07) is 5.84. The second-order valence-electron chi connectivity index (χ2n) is 6.72. The van der Waals surface area contributed by atoms with Gasteiger partial charge in [0, 0.05) is 58.9 Å². The number of nitrogens with one attached hydrogen (secondary N) is 1. The lowest BCUT2D eigenvalue weighted by Gasteiger charge is -2.24. The number of aromatic nitrogens is 1. The van der Waals surface area contributed by atoms with E-state index in [0.717, 1.165) is 18.8 Å². The molecule has 0 bridgehead atoms. The molecule has 2 rings (SSSR count). The predicted octanol–water partition coefficient (Wildman–Crippen LogP) is 0.0397. The summed E-state index contributed by atoms with van der Waals surface area (Å²) in [5, 5.41) is 2.70. The van der Waals surface area contributed by atoms with Crippen LogP contribution in [0.25, 0.3) is 0 Å². The fourth-order valence-electron chi connectivity index (χ4n) is 3.06. The zero-order chi connectivity index (χ0) is 18.2. The highest BCUT2D eigenvalue weighted by Gasteiger charge is 2.28. The molecule has 1 N–H and O–H groups in total. The normalized spacial score (nSPS) is 18.9. The van der Waals surface area contributed by atoms with Gasteiger partial charge < -0.3 is 20.0 Å². The van der Waals surface area contributed by atoms with Crippen molar-refractivity contribution in [3.63, 3.8) is 0 Å². The number of pyridine rings is 1. The molecule has 1 aliphatic heterocycles. The Morgan fingerprint density at radius 3 is 2.80 bits per heavy atom. The maximum atomic E-state index is 12.6. The Labute approximate surface area is 150 Å². The third-order valence-corrected chi connectivity index (χ3v) is 4.56. The standard InChI is InChI=1S/C18H29N5O2/c1-19-18(25)15-12-22(3)10-11-23(13-15)17(24)7-9-21(2)14-16-6-4-5-8-20-16/h4-6,8,15H,7,9-14H2,1-3H3,(H,19,25). The van der Waals surface area contributed by atoms with Gasteiger partial charge in [-0.3, -0.25) is 14.6 Å². The van der Waals surface area contributed by atoms with E-state index in [1.165, 1.54) is 0 Å². The molecule has 138 valence electrons. The van der Waals surface area contributed by atoms with E-state index < -0.39 is 0 Å². The van der Waals surface area contributed by atoms with E-state index in [4.69, 9.17) is 0 Å². The second kappa shape index (κ2) is 9.48. The first-order chi connectivity index (χ1) is 12.0. The van der Waals surface area contributed by atoms with Gasteiger partial charge in [0.05, 0.1) is 11.6 Å². The molecule has 1 aliphatic rings. The van der Waals surface area contributed by atoms with Gasteiger partial charge in [0.1, 0.15) is 0 Å².